The van der Waals surface area contributed by atoms with Gasteiger partial charge in [0.1, 0.15) is 6.04 Å². The van der Waals surface area contributed by atoms with Gasteiger partial charge in [0, 0.05) is 23.7 Å². The quantitative estimate of drug-likeness (QED) is 0.466. The molecule has 0 amide bonds. The summed E-state index contributed by atoms with van der Waals surface area (Å²) in [6.07, 6.45) is 0.106. The molecule has 156 valence electrons. The number of rotatable bonds is 9. The van der Waals surface area contributed by atoms with E-state index in [1.807, 2.05) is 0 Å². The molecule has 8 nitrogen and oxygen atoms in total. The van der Waals surface area contributed by atoms with E-state index in [0.717, 1.165) is 4.31 Å². The number of aliphatic carboxylic acids is 1. The predicted octanol–water partition coefficient (Wildman–Crippen LogP) is 3.94. The number of hydrogen-bond acceptors (Lipinski definition) is 5. The molecular formula is C19H21ClN2O6S. The van der Waals surface area contributed by atoms with Gasteiger partial charge in [0.15, 0.2) is 0 Å². The Balaban J connectivity index is 2.50. The number of halogens is 1. The van der Waals surface area contributed by atoms with E-state index in [2.05, 4.69) is 0 Å². The fraction of sp³-hybridized carbons (Fsp3) is 0.316. The number of carbonyl (C=O) groups is 1. The molecule has 0 spiro atoms. The minimum atomic E-state index is -4.17. The fourth-order valence-electron chi connectivity index (χ4n) is 2.80. The van der Waals surface area contributed by atoms with Crippen molar-refractivity contribution >= 4 is 33.3 Å². The maximum atomic E-state index is 13.3. The molecule has 10 heteroatoms. The van der Waals surface area contributed by atoms with E-state index < -0.39 is 27.0 Å². The predicted molar refractivity (Wildman–Crippen MR) is 108 cm³/mol. The van der Waals surface area contributed by atoms with E-state index in [1.54, 1.807) is 13.8 Å². The largest absolute Gasteiger partial charge is 0.480 e. The summed E-state index contributed by atoms with van der Waals surface area (Å²) in [4.78, 5) is 22.1. The van der Waals surface area contributed by atoms with Crippen LogP contribution in [0.15, 0.2) is 53.4 Å². The van der Waals surface area contributed by atoms with Crippen molar-refractivity contribution in [2.24, 2.45) is 5.92 Å². The first-order valence-electron chi connectivity index (χ1n) is 8.76. The highest BCUT2D eigenvalue weighted by atomic mass is 35.5. The molecule has 2 aromatic carbocycles. The van der Waals surface area contributed by atoms with E-state index >= 15 is 0 Å². The summed E-state index contributed by atoms with van der Waals surface area (Å²) >= 11 is 5.84. The Kier molecular flexibility index (Phi) is 7.34. The van der Waals surface area contributed by atoms with Gasteiger partial charge in [-0.2, -0.15) is 4.31 Å². The third kappa shape index (κ3) is 5.75. The second-order valence-corrected chi connectivity index (χ2v) is 9.24. The molecule has 29 heavy (non-hydrogen) atoms. The third-order valence-electron chi connectivity index (χ3n) is 4.23. The van der Waals surface area contributed by atoms with E-state index in [9.17, 15) is 28.4 Å². The van der Waals surface area contributed by atoms with Crippen LogP contribution in [-0.2, 0) is 21.4 Å². The van der Waals surface area contributed by atoms with Crippen molar-refractivity contribution in [2.45, 2.75) is 37.8 Å². The van der Waals surface area contributed by atoms with Crippen molar-refractivity contribution in [1.29, 1.82) is 0 Å². The maximum Gasteiger partial charge on any atom is 0.322 e. The second-order valence-electron chi connectivity index (χ2n) is 6.91. The van der Waals surface area contributed by atoms with Gasteiger partial charge in [0.2, 0.25) is 10.0 Å². The molecule has 0 aliphatic heterocycles. The summed E-state index contributed by atoms with van der Waals surface area (Å²) in [5.41, 5.74) is 0.293. The number of nitro benzene ring substituents is 1. The van der Waals surface area contributed by atoms with Gasteiger partial charge in [-0.25, -0.2) is 8.42 Å². The molecule has 1 N–H and O–H groups in total. The Morgan fingerprint density at radius 3 is 2.14 bits per heavy atom. The van der Waals surface area contributed by atoms with Gasteiger partial charge in [0.05, 0.1) is 9.82 Å². The first-order valence-corrected chi connectivity index (χ1v) is 10.6. The number of nitrogens with zero attached hydrogens (tertiary/aromatic N) is 2. The van der Waals surface area contributed by atoms with Gasteiger partial charge in [-0.05, 0) is 42.2 Å². The average molecular weight is 441 g/mol. The van der Waals surface area contributed by atoms with Gasteiger partial charge >= 0.3 is 5.97 Å². The molecule has 2 aromatic rings. The van der Waals surface area contributed by atoms with Crippen LogP contribution >= 0.6 is 11.6 Å². The molecular weight excluding hydrogens is 420 g/mol. The van der Waals surface area contributed by atoms with Gasteiger partial charge in [-0.1, -0.05) is 37.6 Å². The van der Waals surface area contributed by atoms with Crippen molar-refractivity contribution in [1.82, 2.24) is 4.31 Å². The van der Waals surface area contributed by atoms with Crippen LogP contribution in [0.3, 0.4) is 0 Å². The summed E-state index contributed by atoms with van der Waals surface area (Å²) in [5, 5.41) is 20.9. The molecule has 0 aliphatic carbocycles. The lowest BCUT2D eigenvalue weighted by Crippen LogP contribution is -2.45. The van der Waals surface area contributed by atoms with Crippen molar-refractivity contribution in [2.75, 3.05) is 0 Å². The van der Waals surface area contributed by atoms with Crippen LogP contribution in [-0.4, -0.2) is 34.8 Å². The van der Waals surface area contributed by atoms with Gasteiger partial charge in [-0.3, -0.25) is 14.9 Å². The molecule has 0 aromatic heterocycles. The van der Waals surface area contributed by atoms with E-state index in [0.29, 0.717) is 10.6 Å². The summed E-state index contributed by atoms with van der Waals surface area (Å²) in [5.74, 6) is -1.34. The van der Waals surface area contributed by atoms with Crippen LogP contribution in [0.25, 0.3) is 0 Å². The molecule has 0 heterocycles. The summed E-state index contributed by atoms with van der Waals surface area (Å²) < 4.78 is 27.4. The molecule has 0 saturated heterocycles. The fourth-order valence-corrected chi connectivity index (χ4v) is 4.50. The summed E-state index contributed by atoms with van der Waals surface area (Å²) in [6, 6.07) is 9.48. The van der Waals surface area contributed by atoms with Crippen molar-refractivity contribution in [3.8, 4) is 0 Å². The number of carboxylic acids is 1. The third-order valence-corrected chi connectivity index (χ3v) is 6.35. The lowest BCUT2D eigenvalue weighted by Gasteiger charge is -2.29. The number of carboxylic acid groups (broad SMARTS) is 1. The zero-order valence-electron chi connectivity index (χ0n) is 15.9. The lowest BCUT2D eigenvalue weighted by atomic mass is 10.0. The molecule has 0 aliphatic rings. The lowest BCUT2D eigenvalue weighted by molar-refractivity contribution is -0.384. The standard InChI is InChI=1S/C19H21ClN2O6S/c1-13(2)11-18(19(23)24)21(12-14-3-7-16(8-4-14)22(25)26)29(27,28)17-9-5-15(20)6-10-17/h3-10,13,18H,11-12H2,1-2H3,(H,23,24)/t18-/m1/s1. The van der Waals surface area contributed by atoms with Crippen molar-refractivity contribution in [3.63, 3.8) is 0 Å². The highest BCUT2D eigenvalue weighted by Gasteiger charge is 2.36. The first kappa shape index (κ1) is 22.8. The minimum absolute atomic E-state index is 0.0733. The summed E-state index contributed by atoms with van der Waals surface area (Å²) in [7, 11) is -4.17. The van der Waals surface area contributed by atoms with Crippen molar-refractivity contribution < 1.29 is 23.2 Å². The number of sulfonamides is 1. The first-order chi connectivity index (χ1) is 13.5. The highest BCUT2D eigenvalue weighted by Crippen LogP contribution is 2.26. The molecule has 0 bridgehead atoms. The average Bonchev–Trinajstić information content (AvgIpc) is 2.64. The van der Waals surface area contributed by atoms with Gasteiger partial charge in [-0.15, -0.1) is 0 Å². The Bertz CT molecular complexity index is 975. The molecule has 0 saturated carbocycles. The molecule has 0 fully saturated rings. The molecule has 0 radical (unpaired) electrons. The Morgan fingerprint density at radius 2 is 1.69 bits per heavy atom. The zero-order valence-corrected chi connectivity index (χ0v) is 17.4. The van der Waals surface area contributed by atoms with Crippen LogP contribution in [0.4, 0.5) is 5.69 Å². The Hall–Kier alpha value is -2.49. The number of non-ortho nitro benzene ring substituents is 1. The van der Waals surface area contributed by atoms with E-state index in [4.69, 9.17) is 11.6 Å². The Labute approximate surface area is 173 Å². The SMILES string of the molecule is CC(C)C[C@H](C(=O)O)N(Cc1ccc([N+](=O)[O-])cc1)S(=O)(=O)c1ccc(Cl)cc1. The van der Waals surface area contributed by atoms with Crippen LogP contribution in [0.1, 0.15) is 25.8 Å². The normalized spacial score (nSPS) is 12.9. The zero-order chi connectivity index (χ0) is 21.8. The maximum absolute atomic E-state index is 13.3. The molecule has 1 atom stereocenters. The van der Waals surface area contributed by atoms with Crippen LogP contribution in [0.5, 0.6) is 0 Å². The topological polar surface area (TPSA) is 118 Å². The Morgan fingerprint density at radius 1 is 1.14 bits per heavy atom. The highest BCUT2D eigenvalue weighted by molar-refractivity contribution is 7.89. The van der Waals surface area contributed by atoms with Gasteiger partial charge in [0.25, 0.3) is 5.69 Å². The van der Waals surface area contributed by atoms with Crippen LogP contribution < -0.4 is 0 Å². The molecule has 2 rings (SSSR count). The minimum Gasteiger partial charge on any atom is -0.480 e. The number of benzene rings is 2. The number of hydrogen-bond donors (Lipinski definition) is 1. The smallest absolute Gasteiger partial charge is 0.322 e. The second kappa shape index (κ2) is 9.34. The van der Waals surface area contributed by atoms with Gasteiger partial charge < -0.3 is 5.11 Å². The van der Waals surface area contributed by atoms with E-state index in [-0.39, 0.29) is 29.5 Å². The molecule has 0 unspecified atom stereocenters. The van der Waals surface area contributed by atoms with E-state index in [1.165, 1.54) is 48.5 Å². The van der Waals surface area contributed by atoms with Crippen LogP contribution in [0.2, 0.25) is 5.02 Å². The monoisotopic (exact) mass is 440 g/mol. The summed E-state index contributed by atoms with van der Waals surface area (Å²) in [6.45, 7) is 3.36. The van der Waals surface area contributed by atoms with Crippen LogP contribution in [0, 0.1) is 16.0 Å². The number of nitro groups is 1. The van der Waals surface area contributed by atoms with Crippen molar-refractivity contribution in [3.05, 3.63) is 69.2 Å².